The van der Waals surface area contributed by atoms with E-state index in [2.05, 4.69) is 5.32 Å². The highest BCUT2D eigenvalue weighted by Crippen LogP contribution is 2.11. The molecule has 0 aliphatic carbocycles. The maximum Gasteiger partial charge on any atom is 0.223 e. The van der Waals surface area contributed by atoms with Crippen LogP contribution >= 0.6 is 0 Å². The van der Waals surface area contributed by atoms with Crippen molar-refractivity contribution in [3.63, 3.8) is 0 Å². The number of carbonyl (C=O) groups excluding carboxylic acids is 1. The van der Waals surface area contributed by atoms with Crippen molar-refractivity contribution in [3.05, 3.63) is 29.8 Å². The van der Waals surface area contributed by atoms with Gasteiger partial charge in [0.2, 0.25) is 5.91 Å². The largest absolute Gasteiger partial charge is 0.493 e. The van der Waals surface area contributed by atoms with Crippen molar-refractivity contribution in [2.24, 2.45) is 0 Å². The van der Waals surface area contributed by atoms with Crippen LogP contribution in [0.2, 0.25) is 0 Å². The second-order valence-corrected chi connectivity index (χ2v) is 5.43. The Morgan fingerprint density at radius 3 is 2.57 bits per heavy atom. The molecule has 1 rings (SSSR count). The highest BCUT2D eigenvalue weighted by molar-refractivity contribution is 5.76. The maximum absolute atomic E-state index is 11.7. The van der Waals surface area contributed by atoms with Gasteiger partial charge in [-0.25, -0.2) is 0 Å². The molecular weight excluding hydrogens is 270 g/mol. The lowest BCUT2D eigenvalue weighted by Crippen LogP contribution is -2.41. The number of rotatable bonds is 9. The monoisotopic (exact) mass is 295 g/mol. The fraction of sp³-hybridized carbons (Fsp3) is 0.562. The summed E-state index contributed by atoms with van der Waals surface area (Å²) < 4.78 is 10.4. The minimum atomic E-state index is -0.955. The predicted molar refractivity (Wildman–Crippen MR) is 81.4 cm³/mol. The first-order chi connectivity index (χ1) is 9.93. The Labute approximate surface area is 126 Å². The molecule has 1 unspecified atom stereocenters. The second-order valence-electron chi connectivity index (χ2n) is 5.43. The van der Waals surface area contributed by atoms with E-state index in [9.17, 15) is 9.90 Å². The van der Waals surface area contributed by atoms with Gasteiger partial charge in [-0.05, 0) is 26.0 Å². The first kappa shape index (κ1) is 17.5. The standard InChI is InChI=1S/C16H25NO4/c1-13-4-6-14(7-5-13)21-10-8-15(18)17-12-16(2,19)9-11-20-3/h4-7,19H,8-12H2,1-3H3,(H,17,18). The number of hydrogen-bond donors (Lipinski definition) is 2. The second kappa shape index (κ2) is 8.64. The average Bonchev–Trinajstić information content (AvgIpc) is 2.45. The smallest absolute Gasteiger partial charge is 0.223 e. The third kappa shape index (κ3) is 7.68. The van der Waals surface area contributed by atoms with Gasteiger partial charge in [0.15, 0.2) is 0 Å². The number of ether oxygens (including phenoxy) is 2. The third-order valence-corrected chi connectivity index (χ3v) is 3.13. The molecule has 1 aromatic carbocycles. The molecule has 1 amide bonds. The lowest BCUT2D eigenvalue weighted by molar-refractivity contribution is -0.122. The molecule has 21 heavy (non-hydrogen) atoms. The molecule has 0 aromatic heterocycles. The summed E-state index contributed by atoms with van der Waals surface area (Å²) in [4.78, 5) is 11.7. The van der Waals surface area contributed by atoms with Crippen LogP contribution in [0.15, 0.2) is 24.3 Å². The van der Waals surface area contributed by atoms with Gasteiger partial charge < -0.3 is 19.9 Å². The zero-order valence-corrected chi connectivity index (χ0v) is 13.0. The first-order valence-electron chi connectivity index (χ1n) is 7.10. The van der Waals surface area contributed by atoms with Crippen molar-refractivity contribution in [1.29, 1.82) is 0 Å². The van der Waals surface area contributed by atoms with Crippen LogP contribution in [0, 0.1) is 6.92 Å². The SMILES string of the molecule is COCCC(C)(O)CNC(=O)CCOc1ccc(C)cc1. The lowest BCUT2D eigenvalue weighted by atomic mass is 10.0. The summed E-state index contributed by atoms with van der Waals surface area (Å²) in [6.07, 6.45) is 0.734. The van der Waals surface area contributed by atoms with E-state index >= 15 is 0 Å². The van der Waals surface area contributed by atoms with Gasteiger partial charge in [0, 0.05) is 26.7 Å². The van der Waals surface area contributed by atoms with E-state index in [1.165, 1.54) is 5.56 Å². The topological polar surface area (TPSA) is 67.8 Å². The number of aliphatic hydroxyl groups is 1. The zero-order valence-electron chi connectivity index (χ0n) is 13.0. The van der Waals surface area contributed by atoms with Crippen LogP contribution in [0.3, 0.4) is 0 Å². The summed E-state index contributed by atoms with van der Waals surface area (Å²) in [5.41, 5.74) is 0.210. The molecule has 0 heterocycles. The van der Waals surface area contributed by atoms with Gasteiger partial charge in [0.25, 0.3) is 0 Å². The van der Waals surface area contributed by atoms with Gasteiger partial charge >= 0.3 is 0 Å². The third-order valence-electron chi connectivity index (χ3n) is 3.13. The molecule has 0 fully saturated rings. The Kier molecular flexibility index (Phi) is 7.19. The molecule has 0 spiro atoms. The van der Waals surface area contributed by atoms with Gasteiger partial charge in [-0.1, -0.05) is 17.7 Å². The molecule has 0 aliphatic rings. The van der Waals surface area contributed by atoms with Crippen LogP contribution in [0.1, 0.15) is 25.3 Å². The fourth-order valence-corrected chi connectivity index (χ4v) is 1.68. The number of aryl methyl sites for hydroxylation is 1. The highest BCUT2D eigenvalue weighted by atomic mass is 16.5. The summed E-state index contributed by atoms with van der Waals surface area (Å²) >= 11 is 0. The molecule has 1 atom stereocenters. The molecule has 5 nitrogen and oxygen atoms in total. The van der Waals surface area contributed by atoms with Crippen LogP contribution in [0.5, 0.6) is 5.75 Å². The number of methoxy groups -OCH3 is 1. The van der Waals surface area contributed by atoms with Crippen molar-refractivity contribution in [2.75, 3.05) is 26.9 Å². The summed E-state index contributed by atoms with van der Waals surface area (Å²) in [7, 11) is 1.58. The van der Waals surface area contributed by atoms with E-state index < -0.39 is 5.60 Å². The minimum Gasteiger partial charge on any atom is -0.493 e. The van der Waals surface area contributed by atoms with Gasteiger partial charge in [-0.3, -0.25) is 4.79 Å². The van der Waals surface area contributed by atoms with Gasteiger partial charge in [-0.2, -0.15) is 0 Å². The maximum atomic E-state index is 11.7. The van der Waals surface area contributed by atoms with Gasteiger partial charge in [-0.15, -0.1) is 0 Å². The number of nitrogens with one attached hydrogen (secondary N) is 1. The highest BCUT2D eigenvalue weighted by Gasteiger charge is 2.20. The number of carbonyl (C=O) groups is 1. The molecule has 0 saturated carbocycles. The predicted octanol–water partition coefficient (Wildman–Crippen LogP) is 1.67. The van der Waals surface area contributed by atoms with Crippen molar-refractivity contribution < 1.29 is 19.4 Å². The Morgan fingerprint density at radius 2 is 1.95 bits per heavy atom. The van der Waals surface area contributed by atoms with E-state index in [0.717, 1.165) is 5.75 Å². The van der Waals surface area contributed by atoms with Crippen LogP contribution in [0.25, 0.3) is 0 Å². The lowest BCUT2D eigenvalue weighted by Gasteiger charge is -2.23. The molecule has 1 aromatic rings. The van der Waals surface area contributed by atoms with Crippen molar-refractivity contribution in [1.82, 2.24) is 5.32 Å². The van der Waals surface area contributed by atoms with Gasteiger partial charge in [0.1, 0.15) is 5.75 Å². The minimum absolute atomic E-state index is 0.139. The molecule has 2 N–H and O–H groups in total. The number of hydrogen-bond acceptors (Lipinski definition) is 4. The Balaban J connectivity index is 2.20. The fourth-order valence-electron chi connectivity index (χ4n) is 1.68. The van der Waals surface area contributed by atoms with Crippen LogP contribution < -0.4 is 10.1 Å². The van der Waals surface area contributed by atoms with Crippen LogP contribution in [0.4, 0.5) is 0 Å². The summed E-state index contributed by atoms with van der Waals surface area (Å²) in [5, 5.41) is 12.7. The van der Waals surface area contributed by atoms with E-state index in [4.69, 9.17) is 9.47 Å². The first-order valence-corrected chi connectivity index (χ1v) is 7.10. The Bertz CT molecular complexity index is 428. The van der Waals surface area contributed by atoms with E-state index in [-0.39, 0.29) is 18.9 Å². The van der Waals surface area contributed by atoms with E-state index in [1.54, 1.807) is 14.0 Å². The quantitative estimate of drug-likeness (QED) is 0.727. The van der Waals surface area contributed by atoms with Crippen LogP contribution in [-0.2, 0) is 9.53 Å². The number of amides is 1. The van der Waals surface area contributed by atoms with Crippen molar-refractivity contribution >= 4 is 5.91 Å². The van der Waals surface area contributed by atoms with E-state index in [0.29, 0.717) is 19.6 Å². The van der Waals surface area contributed by atoms with Gasteiger partial charge in [0.05, 0.1) is 18.6 Å². The average molecular weight is 295 g/mol. The molecule has 5 heteroatoms. The molecule has 0 radical (unpaired) electrons. The van der Waals surface area contributed by atoms with Crippen molar-refractivity contribution in [3.8, 4) is 5.75 Å². The summed E-state index contributed by atoms with van der Waals surface area (Å²) in [5.74, 6) is 0.611. The summed E-state index contributed by atoms with van der Waals surface area (Å²) in [6, 6.07) is 7.68. The van der Waals surface area contributed by atoms with Crippen LogP contribution in [-0.4, -0.2) is 43.5 Å². The molecule has 0 aliphatic heterocycles. The molecule has 0 bridgehead atoms. The Morgan fingerprint density at radius 1 is 1.29 bits per heavy atom. The normalized spacial score (nSPS) is 13.5. The van der Waals surface area contributed by atoms with Crippen molar-refractivity contribution in [2.45, 2.75) is 32.3 Å². The molecule has 0 saturated heterocycles. The zero-order chi connectivity index (χ0) is 15.7. The van der Waals surface area contributed by atoms with E-state index in [1.807, 2.05) is 31.2 Å². The summed E-state index contributed by atoms with van der Waals surface area (Å²) in [6.45, 7) is 4.66. The molecule has 118 valence electrons. The number of benzene rings is 1. The Hall–Kier alpha value is -1.59. The molecular formula is C16H25NO4.